The van der Waals surface area contributed by atoms with Gasteiger partial charge in [0.1, 0.15) is 0 Å². The number of halogens is 2. The molecular formula is C16H16Br2. The van der Waals surface area contributed by atoms with E-state index in [1.807, 2.05) is 6.07 Å². The summed E-state index contributed by atoms with van der Waals surface area (Å²) in [6.07, 6.45) is 0. The molecule has 0 unspecified atom stereocenters. The average Bonchev–Trinajstić information content (AvgIpc) is 2.47. The molecule has 0 aliphatic heterocycles. The quantitative estimate of drug-likeness (QED) is 0.609. The lowest BCUT2D eigenvalue weighted by Crippen LogP contribution is -2.14. The fraction of sp³-hybridized carbons (Fsp3) is 0.250. The molecule has 18 heavy (non-hydrogen) atoms. The van der Waals surface area contributed by atoms with Gasteiger partial charge in [0.15, 0.2) is 0 Å². The van der Waals surface area contributed by atoms with Crippen molar-refractivity contribution in [1.82, 2.24) is 0 Å². The lowest BCUT2D eigenvalue weighted by atomic mass is 9.94. The maximum absolute atomic E-state index is 3.84. The van der Waals surface area contributed by atoms with Crippen molar-refractivity contribution in [2.75, 3.05) is 0 Å². The summed E-state index contributed by atoms with van der Waals surface area (Å²) < 4.78 is 0. The van der Waals surface area contributed by atoms with E-state index in [9.17, 15) is 0 Å². The maximum Gasteiger partial charge on any atom is 0.0526 e. The highest BCUT2D eigenvalue weighted by molar-refractivity contribution is 9.12. The molecule has 0 heterocycles. The summed E-state index contributed by atoms with van der Waals surface area (Å²) in [5.41, 5.74) is 2.67. The van der Waals surface area contributed by atoms with Gasteiger partial charge in [-0.1, -0.05) is 99.4 Å². The Balaban J connectivity index is 2.14. The molecule has 0 amide bonds. The Kier molecular flexibility index (Phi) is 5.02. The lowest BCUT2D eigenvalue weighted by Gasteiger charge is -2.24. The van der Waals surface area contributed by atoms with E-state index in [1.165, 1.54) is 11.1 Å². The molecule has 0 spiro atoms. The monoisotopic (exact) mass is 366 g/mol. The molecule has 0 saturated carbocycles. The van der Waals surface area contributed by atoms with Crippen LogP contribution < -0.4 is 0 Å². The number of rotatable bonds is 4. The van der Waals surface area contributed by atoms with E-state index in [0.717, 1.165) is 0 Å². The van der Waals surface area contributed by atoms with Gasteiger partial charge in [0.25, 0.3) is 0 Å². The van der Waals surface area contributed by atoms with Gasteiger partial charge < -0.3 is 0 Å². The highest BCUT2D eigenvalue weighted by Gasteiger charge is 2.24. The van der Waals surface area contributed by atoms with E-state index >= 15 is 0 Å². The van der Waals surface area contributed by atoms with Crippen molar-refractivity contribution in [2.45, 2.75) is 22.5 Å². The predicted molar refractivity (Wildman–Crippen MR) is 85.7 cm³/mol. The summed E-state index contributed by atoms with van der Waals surface area (Å²) >= 11 is 7.64. The normalized spacial score (nSPS) is 15.9. The van der Waals surface area contributed by atoms with Crippen LogP contribution in [0.3, 0.4) is 0 Å². The minimum absolute atomic E-state index is 0.314. The molecule has 2 aromatic rings. The van der Waals surface area contributed by atoms with Crippen LogP contribution in [0.5, 0.6) is 0 Å². The third-order valence-corrected chi connectivity index (χ3v) is 6.33. The minimum Gasteiger partial charge on any atom is -0.0868 e. The molecule has 0 fully saturated rings. The molecule has 0 N–H and O–H groups in total. The van der Waals surface area contributed by atoms with Gasteiger partial charge in [-0.2, -0.15) is 0 Å². The molecule has 0 aromatic heterocycles. The summed E-state index contributed by atoms with van der Waals surface area (Å²) in [7, 11) is 0. The largest absolute Gasteiger partial charge is 0.0868 e. The topological polar surface area (TPSA) is 0 Å². The first-order valence-electron chi connectivity index (χ1n) is 6.08. The Hall–Kier alpha value is -0.600. The first-order valence-corrected chi connectivity index (χ1v) is 7.91. The standard InChI is InChI=1S/C16H16Br2/c1-12(13-8-4-2-5-9-13)15(17)16(18)14-10-6-3-7-11-14/h2-12,15-16H,1H3/t12-,15-,16-/m0/s1. The minimum atomic E-state index is 0.314. The second-order valence-corrected chi connectivity index (χ2v) is 6.50. The van der Waals surface area contributed by atoms with Gasteiger partial charge in [-0.15, -0.1) is 0 Å². The van der Waals surface area contributed by atoms with Crippen LogP contribution in [0.25, 0.3) is 0 Å². The molecule has 0 aliphatic carbocycles. The van der Waals surface area contributed by atoms with E-state index < -0.39 is 0 Å². The smallest absolute Gasteiger partial charge is 0.0526 e. The van der Waals surface area contributed by atoms with Gasteiger partial charge in [-0.25, -0.2) is 0 Å². The van der Waals surface area contributed by atoms with Crippen molar-refractivity contribution >= 4 is 31.9 Å². The molecular weight excluding hydrogens is 352 g/mol. The molecule has 0 aliphatic rings. The van der Waals surface area contributed by atoms with Crippen LogP contribution >= 0.6 is 31.9 Å². The molecule has 2 heteroatoms. The number of hydrogen-bond donors (Lipinski definition) is 0. The molecule has 3 atom stereocenters. The molecule has 0 nitrogen and oxygen atoms in total. The van der Waals surface area contributed by atoms with Crippen LogP contribution in [0.15, 0.2) is 60.7 Å². The number of alkyl halides is 2. The highest BCUT2D eigenvalue weighted by Crippen LogP contribution is 2.39. The van der Waals surface area contributed by atoms with Crippen LogP contribution in [0.4, 0.5) is 0 Å². The van der Waals surface area contributed by atoms with Crippen molar-refractivity contribution in [3.8, 4) is 0 Å². The van der Waals surface area contributed by atoms with Crippen molar-refractivity contribution in [3.05, 3.63) is 71.8 Å². The second kappa shape index (κ2) is 6.53. The fourth-order valence-electron chi connectivity index (χ4n) is 2.01. The van der Waals surface area contributed by atoms with Gasteiger partial charge in [0.2, 0.25) is 0 Å². The zero-order valence-electron chi connectivity index (χ0n) is 10.3. The van der Waals surface area contributed by atoms with Crippen molar-refractivity contribution in [2.24, 2.45) is 0 Å². The van der Waals surface area contributed by atoms with E-state index in [2.05, 4.69) is 93.4 Å². The first kappa shape index (κ1) is 13.8. The zero-order chi connectivity index (χ0) is 13.0. The first-order chi connectivity index (χ1) is 8.70. The third-order valence-electron chi connectivity index (χ3n) is 3.20. The Morgan fingerprint density at radius 3 is 1.67 bits per heavy atom. The molecule has 2 aromatic carbocycles. The van der Waals surface area contributed by atoms with Crippen molar-refractivity contribution < 1.29 is 0 Å². The van der Waals surface area contributed by atoms with E-state index in [0.29, 0.717) is 15.6 Å². The Morgan fingerprint density at radius 1 is 0.722 bits per heavy atom. The van der Waals surface area contributed by atoms with Gasteiger partial charge >= 0.3 is 0 Å². The number of hydrogen-bond acceptors (Lipinski definition) is 0. The van der Waals surface area contributed by atoms with Crippen LogP contribution in [-0.4, -0.2) is 4.83 Å². The summed E-state index contributed by atoms with van der Waals surface area (Å²) in [5, 5.41) is 0. The van der Waals surface area contributed by atoms with E-state index in [1.54, 1.807) is 0 Å². The van der Waals surface area contributed by atoms with Crippen molar-refractivity contribution in [3.63, 3.8) is 0 Å². The average molecular weight is 368 g/mol. The van der Waals surface area contributed by atoms with Gasteiger partial charge in [0, 0.05) is 4.83 Å². The molecule has 94 valence electrons. The number of benzene rings is 2. The second-order valence-electron chi connectivity index (χ2n) is 4.46. The van der Waals surface area contributed by atoms with Gasteiger partial charge in [-0.05, 0) is 17.0 Å². The van der Waals surface area contributed by atoms with Gasteiger partial charge in [-0.3, -0.25) is 0 Å². The summed E-state index contributed by atoms with van der Waals surface area (Å²) in [4.78, 5) is 0.677. The summed E-state index contributed by atoms with van der Waals surface area (Å²) in [6, 6.07) is 21.1. The highest BCUT2D eigenvalue weighted by atomic mass is 79.9. The third kappa shape index (κ3) is 3.24. The van der Waals surface area contributed by atoms with E-state index in [4.69, 9.17) is 0 Å². The summed E-state index contributed by atoms with van der Waals surface area (Å²) in [5.74, 6) is 0.454. The molecule has 0 bridgehead atoms. The van der Waals surface area contributed by atoms with Crippen molar-refractivity contribution in [1.29, 1.82) is 0 Å². The van der Waals surface area contributed by atoms with Crippen LogP contribution in [0, 0.1) is 0 Å². The Bertz CT molecular complexity index is 421. The molecule has 0 radical (unpaired) electrons. The fourth-order valence-corrected chi connectivity index (χ4v) is 3.39. The Labute approximate surface area is 126 Å². The Morgan fingerprint density at radius 2 is 1.17 bits per heavy atom. The predicted octanol–water partition coefficient (Wildman–Crippen LogP) is 5.69. The van der Waals surface area contributed by atoms with E-state index in [-0.39, 0.29) is 0 Å². The summed E-state index contributed by atoms with van der Waals surface area (Å²) in [6.45, 7) is 2.26. The van der Waals surface area contributed by atoms with Crippen LogP contribution in [0.2, 0.25) is 0 Å². The van der Waals surface area contributed by atoms with Gasteiger partial charge in [0.05, 0.1) is 4.83 Å². The lowest BCUT2D eigenvalue weighted by molar-refractivity contribution is 0.705. The van der Waals surface area contributed by atoms with Crippen LogP contribution in [0.1, 0.15) is 28.8 Å². The molecule has 2 rings (SSSR count). The zero-order valence-corrected chi connectivity index (χ0v) is 13.4. The maximum atomic E-state index is 3.84. The van der Waals surface area contributed by atoms with Crippen LogP contribution in [-0.2, 0) is 0 Å². The molecule has 0 saturated heterocycles. The SMILES string of the molecule is C[C@@H](c1ccccc1)[C@H](Br)[C@@H](Br)c1ccccc1.